The van der Waals surface area contributed by atoms with Crippen molar-refractivity contribution in [1.82, 2.24) is 0 Å². The molecule has 0 aromatic heterocycles. The third kappa shape index (κ3) is 7.23. The van der Waals surface area contributed by atoms with Gasteiger partial charge in [0, 0.05) is 6.16 Å². The summed E-state index contributed by atoms with van der Waals surface area (Å²) in [6.07, 6.45) is 1.10. The minimum absolute atomic E-state index is 0.313. The summed E-state index contributed by atoms with van der Waals surface area (Å²) < 4.78 is 1.52. The fourth-order valence-electron chi connectivity index (χ4n) is 2.12. The van der Waals surface area contributed by atoms with Crippen molar-refractivity contribution in [2.45, 2.75) is 60.1 Å². The molecule has 0 N–H and O–H groups in total. The SMILES string of the molecule is CC(C)(C)CP[P+]([O-])=C([Si](C)(C)C)[Si](C)(C)C. The molecule has 0 bridgehead atoms. The molecule has 0 heterocycles. The molecule has 0 spiro atoms. The summed E-state index contributed by atoms with van der Waals surface area (Å²) in [7, 11) is -3.20. The van der Waals surface area contributed by atoms with Crippen LogP contribution in [0, 0.1) is 5.41 Å². The summed E-state index contributed by atoms with van der Waals surface area (Å²) in [6.45, 7) is 20.9. The molecule has 2 atom stereocenters. The molecule has 0 fully saturated rings. The minimum Gasteiger partial charge on any atom is -0.629 e. The first-order chi connectivity index (χ1) is 7.25. The van der Waals surface area contributed by atoms with Crippen LogP contribution in [-0.4, -0.2) is 26.8 Å². The largest absolute Gasteiger partial charge is 0.629 e. The van der Waals surface area contributed by atoms with E-state index < -0.39 is 23.6 Å². The standard InChI is InChI=1S/C12H30OP2Si2/c1-12(2,3)10-14-15(13)11(16(4,5)6)17(7,8)9/h14H,10H2,1-9H3. The van der Waals surface area contributed by atoms with Crippen LogP contribution >= 0.6 is 15.7 Å². The Morgan fingerprint density at radius 3 is 1.59 bits per heavy atom. The van der Waals surface area contributed by atoms with E-state index in [1.54, 1.807) is 0 Å². The Morgan fingerprint density at radius 1 is 1.00 bits per heavy atom. The van der Waals surface area contributed by atoms with Gasteiger partial charge in [-0.25, -0.2) is 0 Å². The van der Waals surface area contributed by atoms with E-state index in [9.17, 15) is 4.89 Å². The molecule has 17 heavy (non-hydrogen) atoms. The third-order valence-corrected chi connectivity index (χ3v) is 20.2. The van der Waals surface area contributed by atoms with Gasteiger partial charge in [-0.3, -0.25) is 0 Å². The lowest BCUT2D eigenvalue weighted by Gasteiger charge is -2.29. The summed E-state index contributed by atoms with van der Waals surface area (Å²) in [5.41, 5.74) is 0.313. The molecule has 5 heteroatoms. The molecule has 0 aromatic carbocycles. The highest BCUT2D eigenvalue weighted by atomic mass is 32.0. The van der Waals surface area contributed by atoms with E-state index in [2.05, 4.69) is 60.1 Å². The Kier molecular flexibility index (Phi) is 6.31. The van der Waals surface area contributed by atoms with E-state index in [0.29, 0.717) is 13.7 Å². The van der Waals surface area contributed by atoms with Crippen LogP contribution in [-0.2, 0) is 0 Å². The van der Waals surface area contributed by atoms with Gasteiger partial charge in [0.25, 0.3) is 0 Å². The Morgan fingerprint density at radius 2 is 1.35 bits per heavy atom. The Bertz CT molecular complexity index is 277. The lowest BCUT2D eigenvalue weighted by molar-refractivity contribution is -0.147. The van der Waals surface area contributed by atoms with Gasteiger partial charge >= 0.3 is 0 Å². The van der Waals surface area contributed by atoms with E-state index in [-0.39, 0.29) is 0 Å². The van der Waals surface area contributed by atoms with Crippen molar-refractivity contribution in [1.29, 1.82) is 0 Å². The maximum absolute atomic E-state index is 12.7. The second-order valence-corrected chi connectivity index (χ2v) is 23.3. The summed E-state index contributed by atoms with van der Waals surface area (Å²) in [4.78, 5) is 12.7. The summed E-state index contributed by atoms with van der Waals surface area (Å²) in [5, 5.41) is 0. The monoisotopic (exact) mass is 308 g/mol. The first-order valence-corrected chi connectivity index (χ1v) is 16.6. The number of hydrogen-bond donors (Lipinski definition) is 0. The van der Waals surface area contributed by atoms with Gasteiger partial charge in [-0.1, -0.05) is 60.1 Å². The lowest BCUT2D eigenvalue weighted by Crippen LogP contribution is -2.49. The highest BCUT2D eigenvalue weighted by Crippen LogP contribution is 2.46. The van der Waals surface area contributed by atoms with Crippen LogP contribution < -0.4 is 4.89 Å². The van der Waals surface area contributed by atoms with Gasteiger partial charge in [0.1, 0.15) is 16.1 Å². The van der Waals surface area contributed by atoms with Crippen LogP contribution in [0.5, 0.6) is 0 Å². The van der Waals surface area contributed by atoms with E-state index in [1.807, 2.05) is 0 Å². The van der Waals surface area contributed by atoms with Gasteiger partial charge in [-0.15, -0.1) is 0 Å². The van der Waals surface area contributed by atoms with Crippen molar-refractivity contribution >= 4 is 36.4 Å². The predicted octanol–water partition coefficient (Wildman–Crippen LogP) is 4.31. The number of hydrogen-bond acceptors (Lipinski definition) is 1. The van der Waals surface area contributed by atoms with Crippen molar-refractivity contribution < 1.29 is 4.89 Å². The molecule has 0 radical (unpaired) electrons. The van der Waals surface area contributed by atoms with Gasteiger partial charge in [-0.05, 0) is 5.41 Å². The first-order valence-electron chi connectivity index (χ1n) is 6.34. The van der Waals surface area contributed by atoms with Crippen LogP contribution in [0.15, 0.2) is 0 Å². The summed E-state index contributed by atoms with van der Waals surface area (Å²) in [6, 6.07) is 0. The zero-order valence-electron chi connectivity index (χ0n) is 13.1. The molecule has 1 nitrogen and oxygen atoms in total. The Hall–Kier alpha value is 0.994. The Balaban J connectivity index is 5.16. The molecular formula is C12H30OP2Si2. The van der Waals surface area contributed by atoms with Crippen LogP contribution in [0.1, 0.15) is 20.8 Å². The smallest absolute Gasteiger partial charge is 0.119 e. The third-order valence-electron chi connectivity index (χ3n) is 2.38. The molecular weight excluding hydrogens is 278 g/mol. The Labute approximate surface area is 113 Å². The van der Waals surface area contributed by atoms with Gasteiger partial charge in [0.15, 0.2) is 0 Å². The quantitative estimate of drug-likeness (QED) is 0.560. The van der Waals surface area contributed by atoms with Gasteiger partial charge < -0.3 is 4.89 Å². The van der Waals surface area contributed by atoms with Crippen LogP contribution in [0.3, 0.4) is 0 Å². The highest BCUT2D eigenvalue weighted by Gasteiger charge is 2.38. The first kappa shape index (κ1) is 18.0. The minimum atomic E-state index is -1.38. The molecule has 0 aromatic rings. The van der Waals surface area contributed by atoms with Gasteiger partial charge in [-0.2, -0.15) is 0 Å². The van der Waals surface area contributed by atoms with Crippen LogP contribution in [0.2, 0.25) is 39.3 Å². The zero-order valence-corrected chi connectivity index (χ0v) is 17.0. The molecule has 102 valence electrons. The van der Waals surface area contributed by atoms with E-state index in [4.69, 9.17) is 0 Å². The highest BCUT2D eigenvalue weighted by molar-refractivity contribution is 8.20. The summed E-state index contributed by atoms with van der Waals surface area (Å²) in [5.74, 6) is 0. The van der Waals surface area contributed by atoms with E-state index in [0.717, 1.165) is 6.16 Å². The fraction of sp³-hybridized carbons (Fsp3) is 0.917. The van der Waals surface area contributed by atoms with Crippen LogP contribution in [0.25, 0.3) is 0 Å². The maximum Gasteiger partial charge on any atom is 0.119 e. The molecule has 0 rings (SSSR count). The topological polar surface area (TPSA) is 23.1 Å². The summed E-state index contributed by atoms with van der Waals surface area (Å²) >= 11 is 0. The van der Waals surface area contributed by atoms with Crippen molar-refractivity contribution in [3.63, 3.8) is 0 Å². The van der Waals surface area contributed by atoms with Crippen molar-refractivity contribution in [2.75, 3.05) is 6.16 Å². The van der Waals surface area contributed by atoms with Crippen molar-refractivity contribution in [3.05, 3.63) is 0 Å². The second kappa shape index (κ2) is 5.97. The lowest BCUT2D eigenvalue weighted by atomic mass is 10.0. The van der Waals surface area contributed by atoms with E-state index >= 15 is 0 Å². The van der Waals surface area contributed by atoms with Gasteiger partial charge in [0.05, 0.1) is 20.3 Å². The van der Waals surface area contributed by atoms with Gasteiger partial charge in [0.2, 0.25) is 0 Å². The van der Waals surface area contributed by atoms with Crippen molar-refractivity contribution in [3.8, 4) is 0 Å². The molecule has 0 amide bonds. The molecule has 0 aliphatic heterocycles. The molecule has 2 unspecified atom stereocenters. The number of rotatable bonds is 4. The van der Waals surface area contributed by atoms with Crippen molar-refractivity contribution in [2.24, 2.45) is 5.41 Å². The molecule has 0 saturated carbocycles. The zero-order chi connectivity index (χ0) is 14.1. The average molecular weight is 308 g/mol. The molecule has 0 saturated heterocycles. The molecule has 0 aliphatic rings. The van der Waals surface area contributed by atoms with Crippen LogP contribution in [0.4, 0.5) is 0 Å². The second-order valence-electron chi connectivity index (χ2n) is 8.04. The maximum atomic E-state index is 12.7. The van der Waals surface area contributed by atoms with E-state index in [1.165, 1.54) is 4.54 Å². The fourth-order valence-corrected chi connectivity index (χ4v) is 26.6. The molecule has 0 aliphatic carbocycles. The average Bonchev–Trinajstić information content (AvgIpc) is 1.93. The predicted molar refractivity (Wildman–Crippen MR) is 91.3 cm³/mol. The normalized spacial score (nSPS) is 15.5.